The molecule has 57 heavy (non-hydrogen) atoms. The van der Waals surface area contributed by atoms with Gasteiger partial charge in [-0.2, -0.15) is 4.31 Å². The van der Waals surface area contributed by atoms with E-state index in [0.29, 0.717) is 6.29 Å². The van der Waals surface area contributed by atoms with E-state index in [1.165, 1.54) is 13.8 Å². The summed E-state index contributed by atoms with van der Waals surface area (Å²) in [6.45, 7) is 0.272. The normalized spacial score (nSPS) is 22.0. The Kier molecular flexibility index (Phi) is 17.8. The first-order chi connectivity index (χ1) is 26.4. The Bertz CT molecular complexity index is 1870. The van der Waals surface area contributed by atoms with Crippen LogP contribution >= 0.6 is 35.2 Å². The van der Waals surface area contributed by atoms with Crippen LogP contribution in [0, 0.1) is 5.41 Å². The maximum absolute atomic E-state index is 12.7. The Labute approximate surface area is 327 Å². The number of aldehydes is 1. The van der Waals surface area contributed by atoms with E-state index in [-0.39, 0.29) is 66.6 Å². The van der Waals surface area contributed by atoms with Crippen LogP contribution in [0.2, 0.25) is 0 Å². The molecule has 3 rings (SSSR count). The molecule has 2 aromatic rings. The summed E-state index contributed by atoms with van der Waals surface area (Å²) in [7, 11) is -16.4. The lowest BCUT2D eigenvalue weighted by Crippen LogP contribution is -2.46. The number of imidazole rings is 1. The minimum Gasteiger partial charge on any atom is -0.393 e. The molecule has 0 saturated carbocycles. The second kappa shape index (κ2) is 20.9. The number of fused-ring (bicyclic) bond motifs is 1. The van der Waals surface area contributed by atoms with Crippen molar-refractivity contribution < 1.29 is 90.4 Å². The van der Waals surface area contributed by atoms with Crippen LogP contribution in [0.15, 0.2) is 12.7 Å². The smallest absolute Gasteiger partial charge is 0.393 e. The summed E-state index contributed by atoms with van der Waals surface area (Å²) in [5.74, 6) is -1.33. The van der Waals surface area contributed by atoms with Gasteiger partial charge in [-0.1, -0.05) is 25.6 Å². The van der Waals surface area contributed by atoms with Crippen LogP contribution in [0.25, 0.3) is 11.2 Å². The van der Waals surface area contributed by atoms with Crippen LogP contribution in [-0.2, 0) is 55.5 Å². The van der Waals surface area contributed by atoms with Crippen LogP contribution in [0.4, 0.5) is 5.82 Å². The predicted molar refractivity (Wildman–Crippen MR) is 193 cm³/mol. The van der Waals surface area contributed by atoms with E-state index < -0.39 is 90.7 Å². The fourth-order valence-electron chi connectivity index (χ4n) is 4.88. The first-order valence-corrected chi connectivity index (χ1v) is 22.1. The molecule has 1 saturated heterocycles. The number of hydrogen-bond acceptors (Lipinski definition) is 20. The summed E-state index contributed by atoms with van der Waals surface area (Å²) < 4.78 is 62.0. The van der Waals surface area contributed by atoms with Gasteiger partial charge in [0.2, 0.25) is 11.8 Å². The van der Waals surface area contributed by atoms with Crippen LogP contribution in [-0.4, -0.2) is 140 Å². The lowest BCUT2D eigenvalue weighted by Gasteiger charge is -2.30. The Morgan fingerprint density at radius 1 is 1.05 bits per heavy atom. The summed E-state index contributed by atoms with van der Waals surface area (Å²) >= 11 is 0.931. The monoisotopic (exact) mass is 895 g/mol. The number of nitrogens with zero attached hydrogens (tertiary/aromatic N) is 4. The molecule has 0 spiro atoms. The van der Waals surface area contributed by atoms with Crippen LogP contribution in [0.3, 0.4) is 0 Å². The molecule has 8 atom stereocenters. The van der Waals surface area contributed by atoms with Crippen LogP contribution in [0.1, 0.15) is 45.8 Å². The highest BCUT2D eigenvalue weighted by molar-refractivity contribution is 8.13. The molecule has 30 heteroatoms. The summed E-state index contributed by atoms with van der Waals surface area (Å²) in [6, 6.07) is 0. The van der Waals surface area contributed by atoms with E-state index in [1.807, 2.05) is 0 Å². The van der Waals surface area contributed by atoms with Crippen molar-refractivity contribution >= 4 is 75.4 Å². The van der Waals surface area contributed by atoms with Gasteiger partial charge in [0.15, 0.2) is 22.8 Å². The molecule has 1 fully saturated rings. The molecule has 0 bridgehead atoms. The van der Waals surface area contributed by atoms with E-state index in [9.17, 15) is 67.8 Å². The molecule has 11 N–H and O–H groups in total. The van der Waals surface area contributed by atoms with Crippen molar-refractivity contribution in [3.8, 4) is 0 Å². The van der Waals surface area contributed by atoms with E-state index in [2.05, 4.69) is 34.4 Å². The maximum Gasteiger partial charge on any atom is 0.481 e. The second-order valence-corrected chi connectivity index (χ2v) is 18.3. The van der Waals surface area contributed by atoms with Gasteiger partial charge in [0.1, 0.15) is 42.5 Å². The number of carbonyl (C=O) groups excluding carboxylic acids is 4. The number of carbonyl (C=O) groups is 4. The first kappa shape index (κ1) is 48.6. The number of aliphatic hydroxyl groups excluding tert-OH is 3. The van der Waals surface area contributed by atoms with E-state index >= 15 is 0 Å². The minimum absolute atomic E-state index is 0.0208. The van der Waals surface area contributed by atoms with Crippen molar-refractivity contribution in [2.45, 2.75) is 76.3 Å². The number of nitrogens with two attached hydrogens (primary N) is 1. The molecule has 2 aromatic heterocycles. The van der Waals surface area contributed by atoms with Gasteiger partial charge in [0.25, 0.3) is 0 Å². The second-order valence-electron chi connectivity index (χ2n) is 12.9. The number of ether oxygens (including phenoxy) is 1. The summed E-state index contributed by atoms with van der Waals surface area (Å²) in [5.41, 5.74) is 4.21. The number of phosphoric ester groups is 3. The summed E-state index contributed by atoms with van der Waals surface area (Å²) in [5, 5.41) is 35.5. The van der Waals surface area contributed by atoms with Crippen molar-refractivity contribution in [3.63, 3.8) is 0 Å². The van der Waals surface area contributed by atoms with Crippen molar-refractivity contribution in [1.29, 1.82) is 0 Å². The molecule has 0 aromatic carbocycles. The number of rotatable bonds is 24. The number of amides is 2. The highest BCUT2D eigenvalue weighted by Crippen LogP contribution is 2.61. The summed E-state index contributed by atoms with van der Waals surface area (Å²) in [4.78, 5) is 97.7. The fraction of sp³-hybridized carbons (Fsp3) is 0.667. The van der Waals surface area contributed by atoms with Crippen LogP contribution < -0.4 is 16.4 Å². The molecule has 0 aliphatic carbocycles. The Hall–Kier alpha value is -2.81. The van der Waals surface area contributed by atoms with Crippen molar-refractivity contribution in [1.82, 2.24) is 30.2 Å². The number of nitrogen functional groups attached to an aromatic ring is 1. The SMILES string of the molecule is CC(C)(COP(=O)(O)OP(=O)(O)OC[C@H]1O[C@@H](n2cnc3c(N)ncnc32)[C@H](O)[C@@H]1OP(=O)(O)O)[C@@H](O)C(=O)NCCC(=O)NCCSC(=O)CCC(O)CC=O. The van der Waals surface area contributed by atoms with Gasteiger partial charge >= 0.3 is 23.5 Å². The molecular weight excluding hydrogens is 851 g/mol. The Balaban J connectivity index is 1.46. The van der Waals surface area contributed by atoms with E-state index in [1.54, 1.807) is 0 Å². The third-order valence-electron chi connectivity index (χ3n) is 7.81. The van der Waals surface area contributed by atoms with Crippen molar-refractivity contribution in [3.05, 3.63) is 12.7 Å². The average molecular weight is 896 g/mol. The molecule has 3 heterocycles. The van der Waals surface area contributed by atoms with Crippen molar-refractivity contribution in [2.24, 2.45) is 5.41 Å². The van der Waals surface area contributed by atoms with Gasteiger partial charge in [0.05, 0.1) is 25.6 Å². The number of aliphatic hydroxyl groups is 3. The minimum atomic E-state index is -5.59. The average Bonchev–Trinajstić information content (AvgIpc) is 3.67. The fourth-order valence-corrected chi connectivity index (χ4v) is 8.40. The number of phosphoric acid groups is 3. The molecule has 322 valence electrons. The van der Waals surface area contributed by atoms with Crippen LogP contribution in [0.5, 0.6) is 0 Å². The largest absolute Gasteiger partial charge is 0.481 e. The molecular formula is C27H44N7O19P3S. The Morgan fingerprint density at radius 3 is 2.40 bits per heavy atom. The molecule has 0 radical (unpaired) electrons. The zero-order chi connectivity index (χ0) is 42.8. The number of hydrogen-bond donors (Lipinski definition) is 10. The standard InChI is InChI=1S/C27H44N7O19P3S/c1-27(2,22(40)25(41)30-7-5-17(37)29-8-10-57-18(38)4-3-15(36)6-9-35)12-50-56(47,48)53-55(45,46)49-11-16-21(52-54(42,43)44)20(39)26(51-16)34-14-33-19-23(28)31-13-32-24(19)34/h9,13-16,20-22,26,36,39-40H,3-8,10-12H2,1-2H3,(H,29,37)(H,30,41)(H,45,46)(H,47,48)(H2,28,31,32)(H2,42,43,44)/t15?,16-,20-,21-,22+,26-/m1/s1. The number of anilines is 1. The molecule has 26 nitrogen and oxygen atoms in total. The Morgan fingerprint density at radius 2 is 1.74 bits per heavy atom. The van der Waals surface area contributed by atoms with Gasteiger partial charge in [0, 0.05) is 43.5 Å². The van der Waals surface area contributed by atoms with Gasteiger partial charge in [-0.15, -0.1) is 0 Å². The molecule has 3 unspecified atom stereocenters. The van der Waals surface area contributed by atoms with E-state index in [0.717, 1.165) is 29.0 Å². The highest BCUT2D eigenvalue weighted by atomic mass is 32.2. The lowest BCUT2D eigenvalue weighted by atomic mass is 9.87. The number of nitrogens with one attached hydrogen (secondary N) is 2. The highest BCUT2D eigenvalue weighted by Gasteiger charge is 2.50. The van der Waals surface area contributed by atoms with E-state index in [4.69, 9.17) is 19.5 Å². The topological polar surface area (TPSA) is 401 Å². The van der Waals surface area contributed by atoms with Gasteiger partial charge in [-0.05, 0) is 6.42 Å². The van der Waals surface area contributed by atoms with Gasteiger partial charge in [-0.25, -0.2) is 28.6 Å². The van der Waals surface area contributed by atoms with Crippen molar-refractivity contribution in [2.75, 3.05) is 37.8 Å². The number of aromatic nitrogens is 4. The number of thioether (sulfide) groups is 1. The van der Waals surface area contributed by atoms with Gasteiger partial charge in [-0.3, -0.25) is 32.5 Å². The predicted octanol–water partition coefficient (Wildman–Crippen LogP) is -1.61. The molecule has 1 aliphatic rings. The summed E-state index contributed by atoms with van der Waals surface area (Å²) in [6.07, 6.45) is -7.30. The molecule has 2 amide bonds. The molecule has 1 aliphatic heterocycles. The first-order valence-electron chi connectivity index (χ1n) is 16.6. The third-order valence-corrected chi connectivity index (χ3v) is 11.8. The van der Waals surface area contributed by atoms with Gasteiger partial charge < -0.3 is 60.8 Å². The zero-order valence-corrected chi connectivity index (χ0v) is 33.7. The quantitative estimate of drug-likeness (QED) is 0.0322. The zero-order valence-electron chi connectivity index (χ0n) is 30.2. The lowest BCUT2D eigenvalue weighted by molar-refractivity contribution is -0.137. The third kappa shape index (κ3) is 15.4. The maximum atomic E-state index is 12.7.